The van der Waals surface area contributed by atoms with Gasteiger partial charge in [-0.3, -0.25) is 9.69 Å². The highest BCUT2D eigenvalue weighted by Gasteiger charge is 2.21. The van der Waals surface area contributed by atoms with E-state index in [1.54, 1.807) is 18.2 Å². The molecule has 0 aromatic heterocycles. The summed E-state index contributed by atoms with van der Waals surface area (Å²) in [6, 6.07) is 10.8. The van der Waals surface area contributed by atoms with Gasteiger partial charge < -0.3 is 10.1 Å². The number of likely N-dealkylation sites (tertiary alicyclic amines) is 1. The van der Waals surface area contributed by atoms with Gasteiger partial charge in [0, 0.05) is 31.2 Å². The second-order valence-electron chi connectivity index (χ2n) is 6.50. The van der Waals surface area contributed by atoms with E-state index in [0.717, 1.165) is 38.0 Å². The molecule has 26 heavy (non-hydrogen) atoms. The van der Waals surface area contributed by atoms with Crippen LogP contribution in [0, 0.1) is 11.6 Å². The van der Waals surface area contributed by atoms with E-state index in [0.29, 0.717) is 0 Å². The molecule has 0 bridgehead atoms. The molecule has 3 rings (SSSR count). The number of hydrogen-bond acceptors (Lipinski definition) is 3. The van der Waals surface area contributed by atoms with E-state index >= 15 is 0 Å². The van der Waals surface area contributed by atoms with Gasteiger partial charge in [-0.15, -0.1) is 0 Å². The first-order valence-corrected chi connectivity index (χ1v) is 8.66. The fourth-order valence-electron chi connectivity index (χ4n) is 3.16. The monoisotopic (exact) mass is 360 g/mol. The third kappa shape index (κ3) is 4.58. The van der Waals surface area contributed by atoms with Crippen LogP contribution in [0.25, 0.3) is 0 Å². The van der Waals surface area contributed by atoms with E-state index in [2.05, 4.69) is 10.2 Å². The van der Waals surface area contributed by atoms with Gasteiger partial charge in [-0.05, 0) is 48.7 Å². The van der Waals surface area contributed by atoms with Crippen molar-refractivity contribution in [3.8, 4) is 5.75 Å². The van der Waals surface area contributed by atoms with Gasteiger partial charge in [0.2, 0.25) is 0 Å². The maximum Gasteiger partial charge on any atom is 0.251 e. The van der Waals surface area contributed by atoms with E-state index in [-0.39, 0.29) is 29.1 Å². The molecule has 1 aliphatic heterocycles. The molecule has 2 aromatic rings. The third-order valence-corrected chi connectivity index (χ3v) is 4.66. The number of hydrogen-bond donors (Lipinski definition) is 1. The Morgan fingerprint density at radius 2 is 1.85 bits per heavy atom. The summed E-state index contributed by atoms with van der Waals surface area (Å²) in [4.78, 5) is 14.6. The van der Waals surface area contributed by atoms with Gasteiger partial charge in [0.15, 0.2) is 11.6 Å². The molecule has 4 nitrogen and oxygen atoms in total. The number of carbonyl (C=O) groups excluding carboxylic acids is 1. The number of nitrogens with one attached hydrogen (secondary N) is 1. The Morgan fingerprint density at radius 1 is 1.15 bits per heavy atom. The molecule has 1 saturated heterocycles. The van der Waals surface area contributed by atoms with Crippen molar-refractivity contribution in [2.75, 3.05) is 20.2 Å². The zero-order valence-electron chi connectivity index (χ0n) is 14.7. The van der Waals surface area contributed by atoms with Gasteiger partial charge in [0.05, 0.1) is 7.11 Å². The highest BCUT2D eigenvalue weighted by atomic mass is 19.1. The normalized spacial score (nSPS) is 15.7. The summed E-state index contributed by atoms with van der Waals surface area (Å²) in [6.45, 7) is 2.46. The molecule has 1 amide bonds. The summed E-state index contributed by atoms with van der Waals surface area (Å²) < 4.78 is 31.6. The van der Waals surface area contributed by atoms with Gasteiger partial charge in [0.25, 0.3) is 5.91 Å². The number of halogens is 2. The molecule has 1 aliphatic rings. The summed E-state index contributed by atoms with van der Waals surface area (Å²) >= 11 is 0. The first-order chi connectivity index (χ1) is 12.5. The Morgan fingerprint density at radius 3 is 2.46 bits per heavy atom. The van der Waals surface area contributed by atoms with Crippen molar-refractivity contribution in [1.29, 1.82) is 0 Å². The standard InChI is InChI=1S/C20H22F2N2O2/c1-26-19-7-4-15(12-18(19)22)20(25)23-17-8-10-24(11-9-17)13-14-2-5-16(21)6-3-14/h2-7,12,17H,8-11,13H2,1H3,(H,23,25). The molecule has 0 saturated carbocycles. The van der Waals surface area contributed by atoms with Crippen molar-refractivity contribution < 1.29 is 18.3 Å². The minimum atomic E-state index is -0.547. The fraction of sp³-hybridized carbons (Fsp3) is 0.350. The predicted molar refractivity (Wildman–Crippen MR) is 95.1 cm³/mol. The van der Waals surface area contributed by atoms with Gasteiger partial charge in [-0.25, -0.2) is 8.78 Å². The molecule has 1 fully saturated rings. The molecule has 138 valence electrons. The van der Waals surface area contributed by atoms with E-state index in [4.69, 9.17) is 4.74 Å². The van der Waals surface area contributed by atoms with Crippen LogP contribution >= 0.6 is 0 Å². The number of piperidine rings is 1. The molecule has 0 atom stereocenters. The topological polar surface area (TPSA) is 41.6 Å². The fourth-order valence-corrected chi connectivity index (χ4v) is 3.16. The van der Waals surface area contributed by atoms with Crippen molar-refractivity contribution in [3.05, 3.63) is 65.2 Å². The van der Waals surface area contributed by atoms with Crippen LogP contribution in [-0.2, 0) is 6.54 Å². The lowest BCUT2D eigenvalue weighted by Gasteiger charge is -2.32. The van der Waals surface area contributed by atoms with Crippen LogP contribution < -0.4 is 10.1 Å². The molecule has 2 aromatic carbocycles. The van der Waals surface area contributed by atoms with Crippen molar-refractivity contribution in [3.63, 3.8) is 0 Å². The SMILES string of the molecule is COc1ccc(C(=O)NC2CCN(Cc3ccc(F)cc3)CC2)cc1F. The maximum absolute atomic E-state index is 13.7. The zero-order valence-corrected chi connectivity index (χ0v) is 14.7. The molecule has 0 aliphatic carbocycles. The number of ether oxygens (including phenoxy) is 1. The maximum atomic E-state index is 13.7. The smallest absolute Gasteiger partial charge is 0.251 e. The third-order valence-electron chi connectivity index (χ3n) is 4.66. The molecule has 1 heterocycles. The molecular formula is C20H22F2N2O2. The van der Waals surface area contributed by atoms with E-state index < -0.39 is 5.82 Å². The Balaban J connectivity index is 1.49. The van der Waals surface area contributed by atoms with Crippen LogP contribution in [0.4, 0.5) is 8.78 Å². The van der Waals surface area contributed by atoms with E-state index in [9.17, 15) is 13.6 Å². The van der Waals surface area contributed by atoms with Crippen molar-refractivity contribution in [2.45, 2.75) is 25.4 Å². The van der Waals surface area contributed by atoms with Gasteiger partial charge >= 0.3 is 0 Å². The Labute approximate surface area is 151 Å². The van der Waals surface area contributed by atoms with Crippen molar-refractivity contribution in [1.82, 2.24) is 10.2 Å². The minimum Gasteiger partial charge on any atom is -0.494 e. The van der Waals surface area contributed by atoms with E-state index in [1.807, 2.05) is 0 Å². The second kappa shape index (κ2) is 8.27. The average molecular weight is 360 g/mol. The van der Waals surface area contributed by atoms with Gasteiger partial charge in [-0.1, -0.05) is 12.1 Å². The lowest BCUT2D eigenvalue weighted by Crippen LogP contribution is -2.44. The van der Waals surface area contributed by atoms with Crippen LogP contribution in [0.2, 0.25) is 0 Å². The van der Waals surface area contributed by atoms with Crippen LogP contribution in [0.15, 0.2) is 42.5 Å². The first-order valence-electron chi connectivity index (χ1n) is 8.66. The molecular weight excluding hydrogens is 338 g/mol. The molecule has 0 spiro atoms. The summed E-state index contributed by atoms with van der Waals surface area (Å²) in [5, 5.41) is 2.97. The van der Waals surface area contributed by atoms with Gasteiger partial charge in [-0.2, -0.15) is 0 Å². The minimum absolute atomic E-state index is 0.0668. The van der Waals surface area contributed by atoms with Crippen molar-refractivity contribution >= 4 is 5.91 Å². The van der Waals surface area contributed by atoms with Crippen molar-refractivity contribution in [2.24, 2.45) is 0 Å². The largest absolute Gasteiger partial charge is 0.494 e. The molecule has 0 unspecified atom stereocenters. The number of amides is 1. The Kier molecular flexibility index (Phi) is 5.83. The zero-order chi connectivity index (χ0) is 18.5. The second-order valence-corrected chi connectivity index (χ2v) is 6.50. The van der Waals surface area contributed by atoms with Crippen LogP contribution in [0.5, 0.6) is 5.75 Å². The lowest BCUT2D eigenvalue weighted by molar-refractivity contribution is 0.0908. The summed E-state index contributed by atoms with van der Waals surface area (Å²) in [5.74, 6) is -0.932. The Hall–Kier alpha value is -2.47. The molecule has 1 N–H and O–H groups in total. The number of nitrogens with zero attached hydrogens (tertiary/aromatic N) is 1. The van der Waals surface area contributed by atoms with E-state index in [1.165, 1.54) is 31.4 Å². The number of methoxy groups -OCH3 is 1. The summed E-state index contributed by atoms with van der Waals surface area (Å²) in [6.07, 6.45) is 1.65. The lowest BCUT2D eigenvalue weighted by atomic mass is 10.0. The number of benzene rings is 2. The highest BCUT2D eigenvalue weighted by molar-refractivity contribution is 5.94. The Bertz CT molecular complexity index is 757. The predicted octanol–water partition coefficient (Wildman–Crippen LogP) is 3.37. The molecule has 0 radical (unpaired) electrons. The number of carbonyl (C=O) groups is 1. The van der Waals surface area contributed by atoms with Gasteiger partial charge in [0.1, 0.15) is 5.82 Å². The highest BCUT2D eigenvalue weighted by Crippen LogP contribution is 2.19. The summed E-state index contributed by atoms with van der Waals surface area (Å²) in [5.41, 5.74) is 1.36. The first kappa shape index (κ1) is 18.3. The van der Waals surface area contributed by atoms with Crippen LogP contribution in [0.3, 0.4) is 0 Å². The summed E-state index contributed by atoms with van der Waals surface area (Å²) in [7, 11) is 1.39. The molecule has 6 heteroatoms. The number of rotatable bonds is 5. The quantitative estimate of drug-likeness (QED) is 0.889. The van der Waals surface area contributed by atoms with Crippen LogP contribution in [0.1, 0.15) is 28.8 Å². The van der Waals surface area contributed by atoms with Crippen LogP contribution in [-0.4, -0.2) is 37.0 Å². The average Bonchev–Trinajstić information content (AvgIpc) is 2.65.